The topological polar surface area (TPSA) is 81.1 Å². The first-order valence-corrected chi connectivity index (χ1v) is 10.8. The number of rotatable bonds is 6. The summed E-state index contributed by atoms with van der Waals surface area (Å²) >= 11 is 0. The molecule has 1 fully saturated rings. The fourth-order valence-electron chi connectivity index (χ4n) is 3.83. The molecule has 8 heteroatoms. The van der Waals surface area contributed by atoms with Gasteiger partial charge in [-0.15, -0.1) is 0 Å². The molecule has 2 heterocycles. The Morgan fingerprint density at radius 1 is 1.06 bits per heavy atom. The largest absolute Gasteiger partial charge is 0.507 e. The summed E-state index contributed by atoms with van der Waals surface area (Å²) in [4.78, 5) is 20.6. The van der Waals surface area contributed by atoms with E-state index < -0.39 is 0 Å². The van der Waals surface area contributed by atoms with Crippen LogP contribution < -0.4 is 10.3 Å². The maximum Gasteiger partial charge on any atom is 0.271 e. The molecule has 1 aromatic heterocycles. The lowest BCUT2D eigenvalue weighted by atomic mass is 10.0. The average molecular weight is 448 g/mol. The van der Waals surface area contributed by atoms with Gasteiger partial charge in [-0.05, 0) is 49.4 Å². The van der Waals surface area contributed by atoms with Crippen molar-refractivity contribution in [3.63, 3.8) is 0 Å². The number of halogens is 1. The van der Waals surface area contributed by atoms with Crippen molar-refractivity contribution >= 4 is 17.3 Å². The maximum atomic E-state index is 13.2. The lowest BCUT2D eigenvalue weighted by Crippen LogP contribution is -2.46. The van der Waals surface area contributed by atoms with E-state index in [2.05, 4.69) is 25.3 Å². The Labute approximate surface area is 192 Å². The number of pyridine rings is 1. The van der Waals surface area contributed by atoms with Crippen molar-refractivity contribution in [2.24, 2.45) is 5.10 Å². The van der Waals surface area contributed by atoms with E-state index in [1.54, 1.807) is 49.6 Å². The monoisotopic (exact) mass is 447 g/mol. The minimum atomic E-state index is -0.341. The molecule has 33 heavy (non-hydrogen) atoms. The average Bonchev–Trinajstić information content (AvgIpc) is 2.85. The number of carbonyl (C=O) groups is 1. The zero-order valence-electron chi connectivity index (χ0n) is 18.4. The molecule has 4 rings (SSSR count). The first kappa shape index (κ1) is 22.4. The Kier molecular flexibility index (Phi) is 6.95. The second kappa shape index (κ2) is 10.2. The van der Waals surface area contributed by atoms with Gasteiger partial charge in [0.2, 0.25) is 0 Å². The molecule has 1 aliphatic heterocycles. The first-order valence-electron chi connectivity index (χ1n) is 10.8. The van der Waals surface area contributed by atoms with Crippen LogP contribution in [0.25, 0.3) is 0 Å². The van der Waals surface area contributed by atoms with Gasteiger partial charge in [0, 0.05) is 67.5 Å². The summed E-state index contributed by atoms with van der Waals surface area (Å²) in [6.45, 7) is 5.66. The number of benzene rings is 2. The van der Waals surface area contributed by atoms with Crippen molar-refractivity contribution < 1.29 is 14.3 Å². The Morgan fingerprint density at radius 3 is 2.45 bits per heavy atom. The molecule has 1 aliphatic rings. The highest BCUT2D eigenvalue weighted by atomic mass is 19.1. The molecule has 1 amide bonds. The summed E-state index contributed by atoms with van der Waals surface area (Å²) in [6, 6.07) is 15.3. The smallest absolute Gasteiger partial charge is 0.271 e. The van der Waals surface area contributed by atoms with Gasteiger partial charge in [0.05, 0.1) is 5.71 Å². The van der Waals surface area contributed by atoms with Crippen LogP contribution in [0.1, 0.15) is 28.4 Å². The van der Waals surface area contributed by atoms with Crippen LogP contribution in [0.2, 0.25) is 0 Å². The summed E-state index contributed by atoms with van der Waals surface area (Å²) in [6.07, 6.45) is 3.08. The zero-order chi connectivity index (χ0) is 23.2. The summed E-state index contributed by atoms with van der Waals surface area (Å²) in [7, 11) is 0. The van der Waals surface area contributed by atoms with Crippen molar-refractivity contribution in [2.45, 2.75) is 13.5 Å². The van der Waals surface area contributed by atoms with Crippen molar-refractivity contribution in [3.05, 3.63) is 89.5 Å². The van der Waals surface area contributed by atoms with Gasteiger partial charge in [-0.3, -0.25) is 14.7 Å². The molecule has 2 aromatic carbocycles. The van der Waals surface area contributed by atoms with Crippen LogP contribution in [0.5, 0.6) is 5.75 Å². The number of phenols is 1. The number of anilines is 1. The number of carbonyl (C=O) groups excluding carboxylic acids is 1. The SMILES string of the molecule is C/C(=N\NC(=O)c1ccncc1)c1cccc(CN2CCN(c3ccc(F)cc3)CC2)c1O. The third kappa shape index (κ3) is 5.53. The number of aromatic hydroxyl groups is 1. The Balaban J connectivity index is 1.38. The molecular weight excluding hydrogens is 421 g/mol. The molecule has 2 N–H and O–H groups in total. The lowest BCUT2D eigenvalue weighted by molar-refractivity contribution is 0.0954. The number of nitrogens with zero attached hydrogens (tertiary/aromatic N) is 4. The van der Waals surface area contributed by atoms with Crippen LogP contribution in [0.4, 0.5) is 10.1 Å². The highest BCUT2D eigenvalue weighted by molar-refractivity contribution is 6.02. The van der Waals surface area contributed by atoms with Crippen molar-refractivity contribution in [2.75, 3.05) is 31.1 Å². The van der Waals surface area contributed by atoms with Crippen LogP contribution in [0, 0.1) is 5.82 Å². The van der Waals surface area contributed by atoms with Crippen LogP contribution in [-0.2, 0) is 6.54 Å². The van der Waals surface area contributed by atoms with Gasteiger partial charge in [-0.2, -0.15) is 5.10 Å². The third-order valence-electron chi connectivity index (χ3n) is 5.74. The summed E-state index contributed by atoms with van der Waals surface area (Å²) in [5, 5.41) is 15.0. The van der Waals surface area contributed by atoms with E-state index in [0.29, 0.717) is 23.4 Å². The number of phenolic OH excluding ortho intramolecular Hbond substituents is 1. The molecule has 1 saturated heterocycles. The van der Waals surface area contributed by atoms with E-state index in [0.717, 1.165) is 37.4 Å². The van der Waals surface area contributed by atoms with E-state index in [9.17, 15) is 14.3 Å². The molecule has 0 spiro atoms. The fourth-order valence-corrected chi connectivity index (χ4v) is 3.83. The van der Waals surface area contributed by atoms with Gasteiger partial charge in [-0.25, -0.2) is 9.82 Å². The number of amides is 1. The number of piperazine rings is 1. The van der Waals surface area contributed by atoms with Gasteiger partial charge in [-0.1, -0.05) is 12.1 Å². The maximum absolute atomic E-state index is 13.2. The van der Waals surface area contributed by atoms with Crippen LogP contribution >= 0.6 is 0 Å². The quantitative estimate of drug-likeness (QED) is 0.447. The van der Waals surface area contributed by atoms with Gasteiger partial charge >= 0.3 is 0 Å². The number of hydrazone groups is 1. The number of aromatic nitrogens is 1. The van der Waals surface area contributed by atoms with Crippen LogP contribution in [-0.4, -0.2) is 52.8 Å². The molecule has 0 saturated carbocycles. The summed E-state index contributed by atoms with van der Waals surface area (Å²) < 4.78 is 13.2. The first-order chi connectivity index (χ1) is 16.0. The van der Waals surface area contributed by atoms with Crippen molar-refractivity contribution in [1.82, 2.24) is 15.3 Å². The summed E-state index contributed by atoms with van der Waals surface area (Å²) in [5.41, 5.74) is 5.88. The lowest BCUT2D eigenvalue weighted by Gasteiger charge is -2.36. The fraction of sp³-hybridized carbons (Fsp3) is 0.240. The van der Waals surface area contributed by atoms with Crippen molar-refractivity contribution in [3.8, 4) is 5.75 Å². The predicted molar refractivity (Wildman–Crippen MR) is 126 cm³/mol. The van der Waals surface area contributed by atoms with E-state index in [1.807, 2.05) is 12.1 Å². The van der Waals surface area contributed by atoms with Crippen LogP contribution in [0.15, 0.2) is 72.1 Å². The molecule has 0 radical (unpaired) electrons. The highest BCUT2D eigenvalue weighted by Crippen LogP contribution is 2.25. The molecular formula is C25H26FN5O2. The third-order valence-corrected chi connectivity index (χ3v) is 5.74. The molecule has 0 atom stereocenters. The molecule has 3 aromatic rings. The Hall–Kier alpha value is -3.78. The molecule has 0 bridgehead atoms. The van der Waals surface area contributed by atoms with Gasteiger partial charge in [0.15, 0.2) is 0 Å². The normalized spacial score (nSPS) is 14.8. The standard InChI is InChI=1S/C25H26FN5O2/c1-18(28-29-25(33)19-9-11-27-12-10-19)23-4-2-3-20(24(23)32)17-30-13-15-31(16-14-30)22-7-5-21(26)6-8-22/h2-12,32H,13-17H2,1H3,(H,29,33)/b28-18+. The Bertz CT molecular complexity index is 1130. The Morgan fingerprint density at radius 2 is 1.76 bits per heavy atom. The number of para-hydroxylation sites is 1. The molecule has 0 aliphatic carbocycles. The number of hydrogen-bond donors (Lipinski definition) is 2. The van der Waals surface area contributed by atoms with E-state index in [1.165, 1.54) is 12.1 Å². The highest BCUT2D eigenvalue weighted by Gasteiger charge is 2.19. The second-order valence-electron chi connectivity index (χ2n) is 7.93. The number of nitrogens with one attached hydrogen (secondary N) is 1. The van der Waals surface area contributed by atoms with Gasteiger partial charge in [0.25, 0.3) is 5.91 Å². The van der Waals surface area contributed by atoms with E-state index in [4.69, 9.17) is 0 Å². The molecule has 7 nitrogen and oxygen atoms in total. The molecule has 170 valence electrons. The van der Waals surface area contributed by atoms with Crippen molar-refractivity contribution in [1.29, 1.82) is 0 Å². The number of hydrogen-bond acceptors (Lipinski definition) is 6. The zero-order valence-corrected chi connectivity index (χ0v) is 18.4. The molecule has 0 unspecified atom stereocenters. The van der Waals surface area contributed by atoms with E-state index in [-0.39, 0.29) is 17.5 Å². The second-order valence-corrected chi connectivity index (χ2v) is 7.93. The minimum absolute atomic E-state index is 0.165. The minimum Gasteiger partial charge on any atom is -0.507 e. The summed E-state index contributed by atoms with van der Waals surface area (Å²) in [5.74, 6) is -0.409. The predicted octanol–water partition coefficient (Wildman–Crippen LogP) is 3.40. The van der Waals surface area contributed by atoms with Crippen LogP contribution in [0.3, 0.4) is 0 Å². The van der Waals surface area contributed by atoms with E-state index >= 15 is 0 Å². The van der Waals surface area contributed by atoms with Gasteiger partial charge in [0.1, 0.15) is 11.6 Å². The van der Waals surface area contributed by atoms with Gasteiger partial charge < -0.3 is 10.0 Å².